The van der Waals surface area contributed by atoms with Crippen LogP contribution in [-0.4, -0.2) is 35.3 Å². The summed E-state index contributed by atoms with van der Waals surface area (Å²) in [5.74, 6) is -6.60. The zero-order valence-corrected chi connectivity index (χ0v) is 19.5. The topological polar surface area (TPSA) is 117 Å². The molecule has 4 amide bonds. The van der Waals surface area contributed by atoms with Gasteiger partial charge in [-0.05, 0) is 17.7 Å². The Bertz CT molecular complexity index is 1330. The Kier molecular flexibility index (Phi) is 6.26. The fraction of sp³-hybridized carbons (Fsp3) is 0.111. The van der Waals surface area contributed by atoms with Gasteiger partial charge in [0.15, 0.2) is 0 Å². The van der Waals surface area contributed by atoms with E-state index in [0.717, 1.165) is 0 Å². The molecule has 0 bridgehead atoms. The average molecular weight is 499 g/mol. The van der Waals surface area contributed by atoms with Crippen molar-refractivity contribution >= 4 is 46.9 Å². The van der Waals surface area contributed by atoms with Gasteiger partial charge in [-0.1, -0.05) is 84.4 Å². The lowest BCUT2D eigenvalue weighted by molar-refractivity contribution is -0.139. The van der Waals surface area contributed by atoms with E-state index in [-0.39, 0.29) is 11.7 Å². The molecule has 5 rings (SSSR count). The minimum Gasteiger partial charge on any atom is -0.309 e. The van der Waals surface area contributed by atoms with Crippen LogP contribution in [0, 0.1) is 11.8 Å². The number of hydrogen-bond donors (Lipinski definition) is 2. The first-order chi connectivity index (χ1) is 17.4. The lowest BCUT2D eigenvalue weighted by Crippen LogP contribution is -2.53. The van der Waals surface area contributed by atoms with E-state index in [1.165, 1.54) is 0 Å². The summed E-state index contributed by atoms with van der Waals surface area (Å²) in [6.07, 6.45) is 0. The highest BCUT2D eigenvalue weighted by molar-refractivity contribution is 6.30. The van der Waals surface area contributed by atoms with Crippen LogP contribution in [0.5, 0.6) is 0 Å². The van der Waals surface area contributed by atoms with Gasteiger partial charge in [-0.15, -0.1) is 0 Å². The Labute approximate surface area is 211 Å². The summed E-state index contributed by atoms with van der Waals surface area (Å²) in [4.78, 5) is 61.3. The van der Waals surface area contributed by atoms with Crippen LogP contribution < -0.4 is 10.6 Å². The first-order valence-corrected chi connectivity index (χ1v) is 11.5. The number of halogens is 1. The second-order valence-corrected chi connectivity index (χ2v) is 8.78. The van der Waals surface area contributed by atoms with Crippen LogP contribution in [0.4, 0.5) is 0 Å². The third-order valence-electron chi connectivity index (χ3n) is 6.09. The molecule has 2 N–H and O–H groups in total. The maximum Gasteiger partial charge on any atom is 0.260 e. The molecule has 0 saturated carbocycles. The van der Waals surface area contributed by atoms with Gasteiger partial charge >= 0.3 is 0 Å². The molecule has 3 aromatic carbocycles. The Hall–Kier alpha value is -4.43. The minimum absolute atomic E-state index is 0.112. The fourth-order valence-electron chi connectivity index (χ4n) is 4.39. The van der Waals surface area contributed by atoms with Crippen LogP contribution in [0.3, 0.4) is 0 Å². The van der Waals surface area contributed by atoms with Crippen molar-refractivity contribution in [2.75, 3.05) is 0 Å². The van der Waals surface area contributed by atoms with Crippen LogP contribution >= 0.6 is 11.6 Å². The number of aliphatic imine (C=N–C) groups is 2. The molecule has 0 aliphatic carbocycles. The van der Waals surface area contributed by atoms with Crippen molar-refractivity contribution in [3.05, 3.63) is 107 Å². The van der Waals surface area contributed by atoms with Gasteiger partial charge in [0.05, 0.1) is 0 Å². The maximum atomic E-state index is 13.3. The van der Waals surface area contributed by atoms with Crippen molar-refractivity contribution in [2.24, 2.45) is 21.8 Å². The lowest BCUT2D eigenvalue weighted by atomic mass is 9.74. The van der Waals surface area contributed by atoms with Gasteiger partial charge in [-0.3, -0.25) is 19.2 Å². The minimum atomic E-state index is -1.42. The highest BCUT2D eigenvalue weighted by Crippen LogP contribution is 2.37. The Morgan fingerprint density at radius 2 is 1.03 bits per heavy atom. The van der Waals surface area contributed by atoms with Gasteiger partial charge in [0.2, 0.25) is 11.8 Å². The van der Waals surface area contributed by atoms with Gasteiger partial charge < -0.3 is 10.6 Å². The molecular weight excluding hydrogens is 480 g/mol. The number of carbonyl (C=O) groups is 4. The first kappa shape index (κ1) is 23.3. The van der Waals surface area contributed by atoms with Crippen LogP contribution in [0.25, 0.3) is 0 Å². The van der Waals surface area contributed by atoms with E-state index in [1.807, 2.05) is 0 Å². The van der Waals surface area contributed by atoms with Crippen molar-refractivity contribution in [1.29, 1.82) is 0 Å². The SMILES string of the molecule is O=C1N=C(c2ccccc2)NC(=O)C1C(c1ccc(Cl)cc1)C1C(=O)N=C(c2ccccc2)NC1=O. The number of nitrogens with one attached hydrogen (secondary N) is 2. The van der Waals surface area contributed by atoms with Crippen molar-refractivity contribution in [2.45, 2.75) is 5.92 Å². The molecule has 36 heavy (non-hydrogen) atoms. The number of nitrogens with zero attached hydrogens (tertiary/aromatic N) is 2. The van der Waals surface area contributed by atoms with E-state index in [9.17, 15) is 19.2 Å². The number of hydrogen-bond acceptors (Lipinski definition) is 4. The first-order valence-electron chi connectivity index (χ1n) is 11.2. The maximum absolute atomic E-state index is 13.3. The molecule has 0 fully saturated rings. The van der Waals surface area contributed by atoms with E-state index in [1.54, 1.807) is 84.9 Å². The highest BCUT2D eigenvalue weighted by atomic mass is 35.5. The molecule has 0 radical (unpaired) electrons. The highest BCUT2D eigenvalue weighted by Gasteiger charge is 2.49. The number of amides is 4. The quantitative estimate of drug-likeness (QED) is 0.526. The summed E-state index contributed by atoms with van der Waals surface area (Å²) in [5.41, 5.74) is 1.53. The van der Waals surface area contributed by atoms with E-state index in [0.29, 0.717) is 21.7 Å². The van der Waals surface area contributed by atoms with Gasteiger partial charge in [0.25, 0.3) is 11.8 Å². The molecule has 2 aliphatic heterocycles. The molecule has 8 nitrogen and oxygen atoms in total. The molecule has 2 atom stereocenters. The molecule has 2 unspecified atom stereocenters. The van der Waals surface area contributed by atoms with E-state index in [2.05, 4.69) is 20.6 Å². The van der Waals surface area contributed by atoms with Gasteiger partial charge in [-0.2, -0.15) is 9.98 Å². The van der Waals surface area contributed by atoms with Gasteiger partial charge in [0, 0.05) is 22.1 Å². The van der Waals surface area contributed by atoms with Gasteiger partial charge in [-0.25, -0.2) is 0 Å². The summed E-state index contributed by atoms with van der Waals surface area (Å²) < 4.78 is 0. The van der Waals surface area contributed by atoms with Crippen molar-refractivity contribution in [1.82, 2.24) is 10.6 Å². The largest absolute Gasteiger partial charge is 0.309 e. The number of benzene rings is 3. The molecule has 2 heterocycles. The van der Waals surface area contributed by atoms with Gasteiger partial charge in [0.1, 0.15) is 23.5 Å². The fourth-order valence-corrected chi connectivity index (χ4v) is 4.52. The predicted molar refractivity (Wildman–Crippen MR) is 133 cm³/mol. The molecule has 2 aliphatic rings. The molecular formula is C27H19ClN4O4. The molecule has 0 aromatic heterocycles. The monoisotopic (exact) mass is 498 g/mol. The second kappa shape index (κ2) is 9.67. The average Bonchev–Trinajstić information content (AvgIpc) is 2.88. The normalized spacial score (nSPS) is 20.7. The van der Waals surface area contributed by atoms with Crippen molar-refractivity contribution in [3.63, 3.8) is 0 Å². The number of carbonyl (C=O) groups excluding carboxylic acids is 4. The van der Waals surface area contributed by atoms with Crippen LogP contribution in [-0.2, 0) is 19.2 Å². The summed E-state index contributed by atoms with van der Waals surface area (Å²) >= 11 is 6.04. The summed E-state index contributed by atoms with van der Waals surface area (Å²) in [6, 6.07) is 23.8. The molecule has 0 spiro atoms. The number of rotatable bonds is 5. The summed E-state index contributed by atoms with van der Waals surface area (Å²) in [5, 5.41) is 5.75. The standard InChI is InChI=1S/C27H19ClN4O4/c28-18-13-11-15(12-14-18)19(20-24(33)29-22(30-25(20)34)16-7-3-1-4-8-16)21-26(35)31-23(32-27(21)36)17-9-5-2-6-10-17/h1-14,19-21H,(H,29,30,33,34)(H,31,32,35,36). The second-order valence-electron chi connectivity index (χ2n) is 8.34. The molecule has 3 aromatic rings. The van der Waals surface area contributed by atoms with Crippen LogP contribution in [0.1, 0.15) is 22.6 Å². The van der Waals surface area contributed by atoms with E-state index in [4.69, 9.17) is 11.6 Å². The number of amidine groups is 2. The summed E-state index contributed by atoms with van der Waals surface area (Å²) in [7, 11) is 0. The third-order valence-corrected chi connectivity index (χ3v) is 6.34. The lowest BCUT2D eigenvalue weighted by Gasteiger charge is -2.33. The Balaban J connectivity index is 1.56. The third kappa shape index (κ3) is 4.46. The summed E-state index contributed by atoms with van der Waals surface area (Å²) in [6.45, 7) is 0. The van der Waals surface area contributed by atoms with E-state index >= 15 is 0 Å². The van der Waals surface area contributed by atoms with Crippen LogP contribution in [0.2, 0.25) is 5.02 Å². The molecule has 0 saturated heterocycles. The van der Waals surface area contributed by atoms with Crippen molar-refractivity contribution in [3.8, 4) is 0 Å². The van der Waals surface area contributed by atoms with E-state index < -0.39 is 41.4 Å². The smallest absolute Gasteiger partial charge is 0.260 e. The zero-order valence-electron chi connectivity index (χ0n) is 18.7. The Morgan fingerprint density at radius 3 is 1.42 bits per heavy atom. The Morgan fingerprint density at radius 1 is 0.611 bits per heavy atom. The zero-order chi connectivity index (χ0) is 25.2. The van der Waals surface area contributed by atoms with Crippen LogP contribution in [0.15, 0.2) is 94.9 Å². The van der Waals surface area contributed by atoms with Crippen molar-refractivity contribution < 1.29 is 19.2 Å². The molecule has 9 heteroatoms. The molecule has 178 valence electrons. The predicted octanol–water partition coefficient (Wildman–Crippen LogP) is 2.86.